The molecular formula is C16H32Cu2N8O8. The first-order chi connectivity index (χ1) is 14.9. The summed E-state index contributed by atoms with van der Waals surface area (Å²) >= 11 is 0. The molecule has 0 aliphatic heterocycles. The Morgan fingerprint density at radius 1 is 0.265 bits per heavy atom. The molecule has 34 heavy (non-hydrogen) atoms. The molecule has 0 saturated heterocycles. The van der Waals surface area contributed by atoms with Crippen molar-refractivity contribution < 1.29 is 75.8 Å². The van der Waals surface area contributed by atoms with Gasteiger partial charge in [-0.05, 0) is 55.4 Å². The van der Waals surface area contributed by atoms with E-state index in [9.17, 15) is 0 Å². The molecule has 0 unspecified atom stereocenters. The van der Waals surface area contributed by atoms with Gasteiger partial charge in [0.15, 0.2) is 0 Å². The van der Waals surface area contributed by atoms with Crippen LogP contribution in [-0.2, 0) is 34.1 Å². The van der Waals surface area contributed by atoms with E-state index in [1.807, 2.05) is 0 Å². The molecule has 0 atom stereocenters. The molecule has 0 bridgehead atoms. The summed E-state index contributed by atoms with van der Waals surface area (Å²) in [6, 6.07) is 0. The maximum Gasteiger partial charge on any atom is 0.101 e. The smallest absolute Gasteiger partial charge is 0.101 e. The summed E-state index contributed by atoms with van der Waals surface area (Å²) in [5, 5.41) is 86.5. The summed E-state index contributed by atoms with van der Waals surface area (Å²) in [6.07, 6.45) is 0. The fourth-order valence-corrected chi connectivity index (χ4v) is 0.579. The molecule has 0 spiro atoms. The van der Waals surface area contributed by atoms with Crippen molar-refractivity contribution in [2.24, 2.45) is 41.2 Å². The van der Waals surface area contributed by atoms with Gasteiger partial charge < -0.3 is 41.7 Å². The average Bonchev–Trinajstić information content (AvgIpc) is 2.85. The van der Waals surface area contributed by atoms with Crippen LogP contribution in [0.2, 0.25) is 0 Å². The quantitative estimate of drug-likeness (QED) is 0.104. The number of oxime groups is 8. The number of hydrogen-bond donors (Lipinski definition) is 8. The predicted octanol–water partition coefficient (Wildman–Crippen LogP) is 2.74. The van der Waals surface area contributed by atoms with Crippen molar-refractivity contribution >= 4 is 45.7 Å². The molecule has 2 radical (unpaired) electrons. The Balaban J connectivity index is -0.0000000754. The van der Waals surface area contributed by atoms with E-state index in [2.05, 4.69) is 41.2 Å². The summed E-state index contributed by atoms with van der Waals surface area (Å²) in [6.45, 7) is 12.3. The first kappa shape index (κ1) is 44.5. The molecule has 0 fully saturated rings. The van der Waals surface area contributed by atoms with E-state index in [0.29, 0.717) is 45.7 Å². The largest absolute Gasteiger partial charge is 0.411 e. The molecule has 8 N–H and O–H groups in total. The van der Waals surface area contributed by atoms with Gasteiger partial charge >= 0.3 is 0 Å². The zero-order valence-corrected chi connectivity index (χ0v) is 21.6. The van der Waals surface area contributed by atoms with E-state index in [-0.39, 0.29) is 34.1 Å². The molecule has 206 valence electrons. The fourth-order valence-electron chi connectivity index (χ4n) is 0.579. The number of rotatable bonds is 4. The van der Waals surface area contributed by atoms with Gasteiger partial charge in [-0.1, -0.05) is 41.2 Å². The van der Waals surface area contributed by atoms with Crippen molar-refractivity contribution in [3.8, 4) is 0 Å². The minimum Gasteiger partial charge on any atom is -0.411 e. The van der Waals surface area contributed by atoms with Crippen LogP contribution in [0.1, 0.15) is 55.4 Å². The zero-order chi connectivity index (χ0) is 26.3. The van der Waals surface area contributed by atoms with Gasteiger partial charge in [-0.25, -0.2) is 0 Å². The third-order valence-corrected chi connectivity index (χ3v) is 3.29. The Kier molecular flexibility index (Phi) is 39.0. The molecule has 0 aromatic heterocycles. The SMILES string of the molecule is CC(=N\O)/C(C)=N/O.CC(=N\O)/C(C)=N/O.CC(=N\O)/C(C)=N/O.CC(=N\O)/C(C)=N/O.[Cu].[Cu]. The second kappa shape index (κ2) is 29.8. The van der Waals surface area contributed by atoms with Crippen LogP contribution < -0.4 is 0 Å². The maximum atomic E-state index is 8.03. The second-order valence-electron chi connectivity index (χ2n) is 5.48. The Bertz CT molecular complexity index is 587. The summed E-state index contributed by atoms with van der Waals surface area (Å²) in [4.78, 5) is 0. The third kappa shape index (κ3) is 26.8. The van der Waals surface area contributed by atoms with Crippen molar-refractivity contribution in [2.45, 2.75) is 55.4 Å². The van der Waals surface area contributed by atoms with E-state index in [4.69, 9.17) is 41.7 Å². The first-order valence-corrected chi connectivity index (χ1v) is 8.39. The molecule has 16 nitrogen and oxygen atoms in total. The Morgan fingerprint density at radius 2 is 0.324 bits per heavy atom. The molecule has 0 saturated carbocycles. The second-order valence-corrected chi connectivity index (χ2v) is 5.48. The van der Waals surface area contributed by atoms with Crippen LogP contribution in [0, 0.1) is 0 Å². The van der Waals surface area contributed by atoms with Crippen LogP contribution in [-0.4, -0.2) is 87.4 Å². The van der Waals surface area contributed by atoms with E-state index < -0.39 is 0 Å². The van der Waals surface area contributed by atoms with E-state index >= 15 is 0 Å². The van der Waals surface area contributed by atoms with Gasteiger partial charge in [-0.2, -0.15) is 0 Å². The zero-order valence-electron chi connectivity index (χ0n) is 19.8. The number of hydrogen-bond acceptors (Lipinski definition) is 16. The third-order valence-electron chi connectivity index (χ3n) is 3.29. The molecule has 0 amide bonds. The fraction of sp³-hybridized carbons (Fsp3) is 0.500. The van der Waals surface area contributed by atoms with Crippen molar-refractivity contribution in [1.82, 2.24) is 0 Å². The molecule has 0 aromatic rings. The van der Waals surface area contributed by atoms with Gasteiger partial charge in [0.2, 0.25) is 0 Å². The summed E-state index contributed by atoms with van der Waals surface area (Å²) in [5.41, 5.74) is 2.50. The van der Waals surface area contributed by atoms with Crippen LogP contribution >= 0.6 is 0 Å². The van der Waals surface area contributed by atoms with Crippen LogP contribution in [0.25, 0.3) is 0 Å². The minimum absolute atomic E-state index is 0. The van der Waals surface area contributed by atoms with Crippen molar-refractivity contribution in [3.05, 3.63) is 0 Å². The monoisotopic (exact) mass is 590 g/mol. The van der Waals surface area contributed by atoms with Crippen molar-refractivity contribution in [1.29, 1.82) is 0 Å². The molecule has 0 heterocycles. The Labute approximate surface area is 218 Å². The van der Waals surface area contributed by atoms with E-state index in [1.54, 1.807) is 0 Å². The van der Waals surface area contributed by atoms with Crippen LogP contribution in [0.5, 0.6) is 0 Å². The number of nitrogens with zero attached hydrogens (tertiary/aromatic N) is 8. The summed E-state index contributed by atoms with van der Waals surface area (Å²) in [5.74, 6) is 0. The van der Waals surface area contributed by atoms with Crippen molar-refractivity contribution in [2.75, 3.05) is 0 Å². The van der Waals surface area contributed by atoms with Gasteiger partial charge in [0.1, 0.15) is 45.7 Å². The first-order valence-electron chi connectivity index (χ1n) is 8.39. The minimum atomic E-state index is 0. The van der Waals surface area contributed by atoms with Gasteiger partial charge in [0.05, 0.1) is 0 Å². The van der Waals surface area contributed by atoms with Gasteiger partial charge in [0.25, 0.3) is 0 Å². The maximum absolute atomic E-state index is 8.03. The van der Waals surface area contributed by atoms with Crippen molar-refractivity contribution in [3.63, 3.8) is 0 Å². The molecule has 18 heteroatoms. The van der Waals surface area contributed by atoms with Crippen LogP contribution in [0.4, 0.5) is 0 Å². The molecule has 0 rings (SSSR count). The Morgan fingerprint density at radius 3 is 0.353 bits per heavy atom. The Hall–Kier alpha value is -3.20. The molecule has 0 aliphatic carbocycles. The summed E-state index contributed by atoms with van der Waals surface area (Å²) < 4.78 is 0. The average molecular weight is 592 g/mol. The van der Waals surface area contributed by atoms with Gasteiger partial charge in [-0.15, -0.1) is 0 Å². The molecule has 0 aromatic carbocycles. The topological polar surface area (TPSA) is 261 Å². The standard InChI is InChI=1S/4C4H8N2O2.2Cu/c4*1-3(5-7)4(2)6-8;;/h4*7-8H,1-2H3;;/b4*5-3+,6-4+;;. The van der Waals surface area contributed by atoms with Crippen LogP contribution in [0.15, 0.2) is 41.2 Å². The van der Waals surface area contributed by atoms with E-state index in [1.165, 1.54) is 55.4 Å². The molecule has 0 aliphatic rings. The summed E-state index contributed by atoms with van der Waals surface area (Å²) in [7, 11) is 0. The molecular weight excluding hydrogens is 559 g/mol. The van der Waals surface area contributed by atoms with Gasteiger partial charge in [0, 0.05) is 34.1 Å². The van der Waals surface area contributed by atoms with Crippen LogP contribution in [0.3, 0.4) is 0 Å². The predicted molar refractivity (Wildman–Crippen MR) is 119 cm³/mol. The van der Waals surface area contributed by atoms with Gasteiger partial charge in [-0.3, -0.25) is 0 Å². The normalized spacial score (nSPS) is 13.4. The van der Waals surface area contributed by atoms with E-state index in [0.717, 1.165) is 0 Å².